The second kappa shape index (κ2) is 7.63. The molecule has 0 spiro atoms. The predicted molar refractivity (Wildman–Crippen MR) is 94.1 cm³/mol. The van der Waals surface area contributed by atoms with Gasteiger partial charge in [-0.15, -0.1) is 0 Å². The average molecular weight is 379 g/mol. The Bertz CT molecular complexity index is 791. The summed E-state index contributed by atoms with van der Waals surface area (Å²) < 4.78 is 10.2. The molecule has 26 heavy (non-hydrogen) atoms. The molecule has 0 bridgehead atoms. The molecule has 0 unspecified atom stereocenters. The Morgan fingerprint density at radius 1 is 1.08 bits per heavy atom. The molecule has 7 heteroatoms. The van der Waals surface area contributed by atoms with Crippen LogP contribution in [-0.2, 0) is 16.0 Å². The first kappa shape index (κ1) is 18.7. The lowest BCUT2D eigenvalue weighted by atomic mass is 9.92. The number of cyclic esters (lactones) is 1. The second-order valence-corrected chi connectivity index (χ2v) is 6.57. The van der Waals surface area contributed by atoms with E-state index in [0.717, 1.165) is 16.9 Å². The van der Waals surface area contributed by atoms with Gasteiger partial charge in [-0.3, -0.25) is 0 Å². The van der Waals surface area contributed by atoms with Crippen molar-refractivity contribution in [1.82, 2.24) is 0 Å². The topological polar surface area (TPSA) is 96.2 Å². The lowest BCUT2D eigenvalue weighted by Gasteiger charge is -2.34. The Kier molecular flexibility index (Phi) is 5.48. The van der Waals surface area contributed by atoms with Crippen LogP contribution < -0.4 is 4.74 Å². The van der Waals surface area contributed by atoms with Crippen LogP contribution in [0.5, 0.6) is 5.75 Å². The largest absolute Gasteiger partial charge is 0.497 e. The van der Waals surface area contributed by atoms with E-state index in [1.165, 1.54) is 0 Å². The average Bonchev–Trinajstić information content (AvgIpc) is 2.65. The molecule has 3 rings (SSSR count). The van der Waals surface area contributed by atoms with Gasteiger partial charge < -0.3 is 24.8 Å². The molecular weight excluding hydrogens is 360 g/mol. The molecule has 2 aromatic carbocycles. The van der Waals surface area contributed by atoms with Crippen LogP contribution in [0.4, 0.5) is 0 Å². The fourth-order valence-electron chi connectivity index (χ4n) is 2.91. The summed E-state index contributed by atoms with van der Waals surface area (Å²) in [6, 6.07) is 12.5. The zero-order valence-corrected chi connectivity index (χ0v) is 14.8. The number of rotatable bonds is 4. The predicted octanol–water partition coefficient (Wildman–Crippen LogP) is 1.62. The molecule has 0 saturated carbocycles. The van der Waals surface area contributed by atoms with Crippen molar-refractivity contribution in [3.05, 3.63) is 64.2 Å². The van der Waals surface area contributed by atoms with Crippen molar-refractivity contribution >= 4 is 17.6 Å². The molecular formula is C19H19ClO6. The normalized spacial score (nSPS) is 25.7. The smallest absolute Gasteiger partial charge is 0.338 e. The molecule has 138 valence electrons. The third kappa shape index (κ3) is 3.68. The number of hydrogen-bond donors (Lipinski definition) is 3. The van der Waals surface area contributed by atoms with E-state index in [1.54, 1.807) is 25.3 Å². The van der Waals surface area contributed by atoms with Gasteiger partial charge in [-0.2, -0.15) is 0 Å². The summed E-state index contributed by atoms with van der Waals surface area (Å²) in [5.74, 6) is -0.224. The monoisotopic (exact) mass is 378 g/mol. The number of carbonyl (C=O) groups is 1. The van der Waals surface area contributed by atoms with Crippen molar-refractivity contribution in [3.8, 4) is 5.75 Å². The highest BCUT2D eigenvalue weighted by Crippen LogP contribution is 2.32. The van der Waals surface area contributed by atoms with E-state index < -0.39 is 30.4 Å². The maximum absolute atomic E-state index is 11.7. The molecule has 2 aromatic rings. The van der Waals surface area contributed by atoms with Gasteiger partial charge in [0.25, 0.3) is 0 Å². The van der Waals surface area contributed by atoms with E-state index in [0.29, 0.717) is 17.0 Å². The first-order valence-electron chi connectivity index (χ1n) is 8.06. The number of carbonyl (C=O) groups excluding carboxylic acids is 1. The van der Waals surface area contributed by atoms with E-state index in [-0.39, 0.29) is 0 Å². The molecule has 1 aliphatic rings. The summed E-state index contributed by atoms with van der Waals surface area (Å²) in [5.41, 5.74) is 2.27. The number of aliphatic hydroxyl groups excluding tert-OH is 3. The minimum atomic E-state index is -1.76. The zero-order valence-electron chi connectivity index (χ0n) is 14.0. The van der Waals surface area contributed by atoms with Crippen LogP contribution in [0, 0.1) is 0 Å². The summed E-state index contributed by atoms with van der Waals surface area (Å²) in [5, 5.41) is 30.0. The van der Waals surface area contributed by atoms with Crippen molar-refractivity contribution in [2.45, 2.75) is 30.8 Å². The van der Waals surface area contributed by atoms with Gasteiger partial charge in [0.05, 0.1) is 7.11 Å². The molecule has 1 fully saturated rings. The Hall–Kier alpha value is -2.12. The number of aliphatic hydroxyl groups is 3. The molecule has 0 aromatic heterocycles. The van der Waals surface area contributed by atoms with E-state index >= 15 is 0 Å². The highest BCUT2D eigenvalue weighted by atomic mass is 35.5. The van der Waals surface area contributed by atoms with Crippen LogP contribution >= 0.6 is 11.6 Å². The summed E-state index contributed by atoms with van der Waals surface area (Å²) in [6.45, 7) is 0. The van der Waals surface area contributed by atoms with Crippen LogP contribution in [0.3, 0.4) is 0 Å². The quantitative estimate of drug-likeness (QED) is 0.700. The summed E-state index contributed by atoms with van der Waals surface area (Å²) in [7, 11) is 1.59. The first-order valence-corrected chi connectivity index (χ1v) is 8.44. The fourth-order valence-corrected chi connectivity index (χ4v) is 3.09. The van der Waals surface area contributed by atoms with Crippen LogP contribution in [0.2, 0.25) is 5.02 Å². The maximum Gasteiger partial charge on any atom is 0.338 e. The van der Waals surface area contributed by atoms with Crippen LogP contribution in [0.1, 0.15) is 22.8 Å². The summed E-state index contributed by atoms with van der Waals surface area (Å²) >= 11 is 6.28. The fraction of sp³-hybridized carbons (Fsp3) is 0.316. The molecule has 3 N–H and O–H groups in total. The highest BCUT2D eigenvalue weighted by molar-refractivity contribution is 6.31. The van der Waals surface area contributed by atoms with Crippen LogP contribution in [-0.4, -0.2) is 46.7 Å². The van der Waals surface area contributed by atoms with Crippen molar-refractivity contribution in [1.29, 1.82) is 0 Å². The van der Waals surface area contributed by atoms with Crippen LogP contribution in [0.15, 0.2) is 42.5 Å². The van der Waals surface area contributed by atoms with Gasteiger partial charge in [-0.25, -0.2) is 4.79 Å². The Labute approximate surface area is 155 Å². The third-order valence-corrected chi connectivity index (χ3v) is 4.79. The van der Waals surface area contributed by atoms with Gasteiger partial charge in [-0.1, -0.05) is 35.9 Å². The van der Waals surface area contributed by atoms with Crippen molar-refractivity contribution in [2.75, 3.05) is 7.11 Å². The molecule has 0 radical (unpaired) electrons. The second-order valence-electron chi connectivity index (χ2n) is 6.16. The van der Waals surface area contributed by atoms with Crippen molar-refractivity contribution in [2.24, 2.45) is 0 Å². The first-order chi connectivity index (χ1) is 12.4. The minimum Gasteiger partial charge on any atom is -0.497 e. The summed E-state index contributed by atoms with van der Waals surface area (Å²) in [6.07, 6.45) is -5.35. The van der Waals surface area contributed by atoms with E-state index in [1.807, 2.05) is 24.3 Å². The van der Waals surface area contributed by atoms with Crippen molar-refractivity contribution < 1.29 is 29.6 Å². The Morgan fingerprint density at radius 2 is 1.77 bits per heavy atom. The van der Waals surface area contributed by atoms with Gasteiger partial charge in [0.15, 0.2) is 12.2 Å². The van der Waals surface area contributed by atoms with E-state index in [9.17, 15) is 20.1 Å². The maximum atomic E-state index is 11.7. The van der Waals surface area contributed by atoms with Crippen molar-refractivity contribution in [3.63, 3.8) is 0 Å². The lowest BCUT2D eigenvalue weighted by molar-refractivity contribution is -0.203. The van der Waals surface area contributed by atoms with E-state index in [2.05, 4.69) is 0 Å². The Balaban J connectivity index is 1.86. The molecule has 1 aliphatic heterocycles. The molecule has 6 nitrogen and oxygen atoms in total. The lowest BCUT2D eigenvalue weighted by Crippen LogP contribution is -2.51. The number of benzene rings is 2. The zero-order chi connectivity index (χ0) is 18.8. The number of hydrogen-bond acceptors (Lipinski definition) is 6. The highest BCUT2D eigenvalue weighted by Gasteiger charge is 2.44. The van der Waals surface area contributed by atoms with Crippen LogP contribution in [0.25, 0.3) is 0 Å². The number of ether oxygens (including phenoxy) is 2. The van der Waals surface area contributed by atoms with E-state index in [4.69, 9.17) is 21.1 Å². The molecule has 1 saturated heterocycles. The van der Waals surface area contributed by atoms with Gasteiger partial charge >= 0.3 is 5.97 Å². The molecule has 1 heterocycles. The molecule has 0 aliphatic carbocycles. The number of methoxy groups -OCH3 is 1. The van der Waals surface area contributed by atoms with Gasteiger partial charge in [0, 0.05) is 5.02 Å². The van der Waals surface area contributed by atoms with Gasteiger partial charge in [0.1, 0.15) is 18.0 Å². The number of halogens is 1. The minimum absolute atomic E-state index is 0.490. The number of esters is 1. The SMILES string of the molecule is COc1ccc(Cc2cc([C@@H]3OC(=O)[C@@H](O)[C@H](O)[C@H]3O)ccc2Cl)cc1. The van der Waals surface area contributed by atoms with Gasteiger partial charge in [-0.05, 0) is 41.3 Å². The standard InChI is InChI=1S/C19H19ClO6/c1-25-13-5-2-10(3-6-13)8-12-9-11(4-7-14(12)20)18-16(22)15(21)17(23)19(24)26-18/h2-7,9,15-18,21-23H,8H2,1H3/t15-,16-,17+,18+/m1/s1. The molecule has 0 amide bonds. The molecule has 4 atom stereocenters. The third-order valence-electron chi connectivity index (χ3n) is 4.42. The Morgan fingerprint density at radius 3 is 2.42 bits per heavy atom. The van der Waals surface area contributed by atoms with Gasteiger partial charge in [0.2, 0.25) is 0 Å². The summed E-state index contributed by atoms with van der Waals surface area (Å²) in [4.78, 5) is 11.7.